The summed E-state index contributed by atoms with van der Waals surface area (Å²) >= 11 is 0. The first-order valence-electron chi connectivity index (χ1n) is 9.81. The molecular formula is C22H28N4O2. The maximum Gasteiger partial charge on any atom is 0.224 e. The molecule has 0 aliphatic carbocycles. The van der Waals surface area contributed by atoms with E-state index in [1.54, 1.807) is 11.1 Å². The fourth-order valence-corrected chi connectivity index (χ4v) is 3.42. The first-order chi connectivity index (χ1) is 13.6. The van der Waals surface area contributed by atoms with Crippen molar-refractivity contribution in [3.63, 3.8) is 0 Å². The number of piperazine rings is 1. The predicted octanol–water partition coefficient (Wildman–Crippen LogP) is 2.16. The van der Waals surface area contributed by atoms with Crippen molar-refractivity contribution in [2.45, 2.75) is 26.4 Å². The zero-order valence-corrected chi connectivity index (χ0v) is 16.5. The number of amides is 2. The van der Waals surface area contributed by atoms with Gasteiger partial charge in [0.05, 0.1) is 12.2 Å². The summed E-state index contributed by atoms with van der Waals surface area (Å²) in [5.41, 5.74) is 2.13. The fourth-order valence-electron chi connectivity index (χ4n) is 3.42. The average Bonchev–Trinajstić information content (AvgIpc) is 2.73. The minimum absolute atomic E-state index is 0.0360. The third-order valence-electron chi connectivity index (χ3n) is 5.09. The largest absolute Gasteiger partial charge is 0.340 e. The molecule has 1 aliphatic rings. The zero-order chi connectivity index (χ0) is 19.8. The number of aromatic nitrogens is 1. The van der Waals surface area contributed by atoms with Gasteiger partial charge in [0.2, 0.25) is 11.8 Å². The van der Waals surface area contributed by atoms with Crippen molar-refractivity contribution in [3.8, 4) is 0 Å². The lowest BCUT2D eigenvalue weighted by Gasteiger charge is -2.35. The van der Waals surface area contributed by atoms with Crippen LogP contribution in [0.25, 0.3) is 0 Å². The van der Waals surface area contributed by atoms with Crippen LogP contribution in [0.15, 0.2) is 54.7 Å². The number of carbonyl (C=O) groups is 2. The first kappa shape index (κ1) is 20.0. The number of hydrogen-bond acceptors (Lipinski definition) is 4. The van der Waals surface area contributed by atoms with E-state index in [9.17, 15) is 9.59 Å². The second-order valence-corrected chi connectivity index (χ2v) is 7.15. The molecule has 0 atom stereocenters. The molecule has 3 rings (SSSR count). The van der Waals surface area contributed by atoms with Gasteiger partial charge in [-0.15, -0.1) is 0 Å². The van der Waals surface area contributed by atoms with Crippen molar-refractivity contribution >= 4 is 11.8 Å². The minimum atomic E-state index is -0.0360. The number of benzene rings is 1. The quantitative estimate of drug-likeness (QED) is 0.739. The van der Waals surface area contributed by atoms with Gasteiger partial charge in [0.1, 0.15) is 0 Å². The molecule has 0 radical (unpaired) electrons. The number of nitrogens with zero attached hydrogens (tertiary/aromatic N) is 4. The van der Waals surface area contributed by atoms with Crippen LogP contribution in [-0.2, 0) is 22.7 Å². The van der Waals surface area contributed by atoms with Gasteiger partial charge < -0.3 is 9.80 Å². The normalized spacial score (nSPS) is 14.7. The fraction of sp³-hybridized carbons (Fsp3) is 0.409. The van der Waals surface area contributed by atoms with E-state index in [4.69, 9.17) is 0 Å². The van der Waals surface area contributed by atoms with Crippen molar-refractivity contribution in [1.29, 1.82) is 0 Å². The van der Waals surface area contributed by atoms with E-state index >= 15 is 0 Å². The van der Waals surface area contributed by atoms with Gasteiger partial charge in [-0.3, -0.25) is 19.5 Å². The van der Waals surface area contributed by atoms with Gasteiger partial charge in [-0.25, -0.2) is 0 Å². The number of carbonyl (C=O) groups excluding carboxylic acids is 2. The molecule has 148 valence electrons. The smallest absolute Gasteiger partial charge is 0.224 e. The van der Waals surface area contributed by atoms with Gasteiger partial charge in [0.15, 0.2) is 0 Å². The lowest BCUT2D eigenvalue weighted by atomic mass is 10.2. The van der Waals surface area contributed by atoms with Gasteiger partial charge in [0.25, 0.3) is 0 Å². The Morgan fingerprint density at radius 2 is 1.71 bits per heavy atom. The Morgan fingerprint density at radius 3 is 2.36 bits per heavy atom. The molecule has 2 heterocycles. The molecule has 0 saturated carbocycles. The highest BCUT2D eigenvalue weighted by Gasteiger charge is 2.22. The molecule has 28 heavy (non-hydrogen) atoms. The zero-order valence-electron chi connectivity index (χ0n) is 16.5. The molecule has 1 saturated heterocycles. The summed E-state index contributed by atoms with van der Waals surface area (Å²) < 4.78 is 0. The van der Waals surface area contributed by atoms with Crippen LogP contribution in [0.1, 0.15) is 24.6 Å². The lowest BCUT2D eigenvalue weighted by Crippen LogP contribution is -2.48. The Bertz CT molecular complexity index is 759. The monoisotopic (exact) mass is 380 g/mol. The molecule has 1 aromatic carbocycles. The van der Waals surface area contributed by atoms with E-state index in [1.807, 2.05) is 29.2 Å². The third-order valence-corrected chi connectivity index (χ3v) is 5.09. The van der Waals surface area contributed by atoms with Crippen LogP contribution in [0.2, 0.25) is 0 Å². The molecule has 1 aliphatic heterocycles. The van der Waals surface area contributed by atoms with Crippen molar-refractivity contribution in [3.05, 3.63) is 66.0 Å². The van der Waals surface area contributed by atoms with E-state index in [-0.39, 0.29) is 11.8 Å². The highest BCUT2D eigenvalue weighted by atomic mass is 16.2. The SMILES string of the molecule is CC(=O)N(CCC(=O)N1CCN(Cc2ccccc2)CC1)Cc1ccccn1. The number of pyridine rings is 1. The Kier molecular flexibility index (Phi) is 7.14. The maximum atomic E-state index is 12.6. The summed E-state index contributed by atoms with van der Waals surface area (Å²) in [7, 11) is 0. The van der Waals surface area contributed by atoms with Crippen molar-refractivity contribution < 1.29 is 9.59 Å². The molecule has 6 nitrogen and oxygen atoms in total. The van der Waals surface area contributed by atoms with E-state index in [0.717, 1.165) is 38.4 Å². The highest BCUT2D eigenvalue weighted by molar-refractivity contribution is 5.78. The average molecular weight is 380 g/mol. The second kappa shape index (κ2) is 9.99. The lowest BCUT2D eigenvalue weighted by molar-refractivity contribution is -0.135. The van der Waals surface area contributed by atoms with Gasteiger partial charge >= 0.3 is 0 Å². The molecule has 1 fully saturated rings. The van der Waals surface area contributed by atoms with Crippen LogP contribution >= 0.6 is 0 Å². The number of hydrogen-bond donors (Lipinski definition) is 0. The van der Waals surface area contributed by atoms with Crippen LogP contribution in [0.4, 0.5) is 0 Å². The van der Waals surface area contributed by atoms with E-state index in [2.05, 4.69) is 34.1 Å². The van der Waals surface area contributed by atoms with E-state index < -0.39 is 0 Å². The van der Waals surface area contributed by atoms with Crippen LogP contribution in [0.5, 0.6) is 0 Å². The highest BCUT2D eigenvalue weighted by Crippen LogP contribution is 2.10. The number of rotatable bonds is 7. The van der Waals surface area contributed by atoms with Crippen molar-refractivity contribution in [1.82, 2.24) is 19.7 Å². The summed E-state index contributed by atoms with van der Waals surface area (Å²) in [5.74, 6) is 0.0813. The van der Waals surface area contributed by atoms with Crippen molar-refractivity contribution in [2.24, 2.45) is 0 Å². The standard InChI is InChI=1S/C22H28N4O2/c1-19(27)26(18-21-9-5-6-11-23-21)12-10-22(28)25-15-13-24(14-16-25)17-20-7-3-2-4-8-20/h2-9,11H,10,12-18H2,1H3. The van der Waals surface area contributed by atoms with Gasteiger partial charge in [0, 0.05) is 58.8 Å². The van der Waals surface area contributed by atoms with Crippen LogP contribution in [0.3, 0.4) is 0 Å². The summed E-state index contributed by atoms with van der Waals surface area (Å²) in [4.78, 5) is 34.8. The summed E-state index contributed by atoms with van der Waals surface area (Å²) in [6, 6.07) is 16.1. The molecule has 0 bridgehead atoms. The third kappa shape index (κ3) is 5.89. The molecule has 2 amide bonds. The van der Waals surface area contributed by atoms with Crippen molar-refractivity contribution in [2.75, 3.05) is 32.7 Å². The van der Waals surface area contributed by atoms with Crippen LogP contribution in [-0.4, -0.2) is 64.2 Å². The van der Waals surface area contributed by atoms with Crippen LogP contribution < -0.4 is 0 Å². The molecule has 0 unspecified atom stereocenters. The molecule has 6 heteroatoms. The van der Waals surface area contributed by atoms with Crippen LogP contribution in [0, 0.1) is 0 Å². The maximum absolute atomic E-state index is 12.6. The summed E-state index contributed by atoms with van der Waals surface area (Å²) in [6.07, 6.45) is 2.07. The molecule has 0 spiro atoms. The Balaban J connectivity index is 1.43. The Hall–Kier alpha value is -2.73. The molecule has 2 aromatic rings. The van der Waals surface area contributed by atoms with Gasteiger partial charge in [-0.05, 0) is 17.7 Å². The van der Waals surface area contributed by atoms with Gasteiger partial charge in [-0.1, -0.05) is 36.4 Å². The topological polar surface area (TPSA) is 56.8 Å². The Labute approximate surface area is 166 Å². The molecule has 0 N–H and O–H groups in total. The Morgan fingerprint density at radius 1 is 1.00 bits per heavy atom. The summed E-state index contributed by atoms with van der Waals surface area (Å²) in [6.45, 7) is 6.57. The minimum Gasteiger partial charge on any atom is -0.340 e. The molecule has 1 aromatic heterocycles. The first-order valence-corrected chi connectivity index (χ1v) is 9.81. The molecular weight excluding hydrogens is 352 g/mol. The van der Waals surface area contributed by atoms with Gasteiger partial charge in [-0.2, -0.15) is 0 Å². The summed E-state index contributed by atoms with van der Waals surface area (Å²) in [5, 5.41) is 0. The van der Waals surface area contributed by atoms with E-state index in [0.29, 0.717) is 19.5 Å². The van der Waals surface area contributed by atoms with E-state index in [1.165, 1.54) is 12.5 Å². The predicted molar refractivity (Wildman–Crippen MR) is 108 cm³/mol. The second-order valence-electron chi connectivity index (χ2n) is 7.15.